The summed E-state index contributed by atoms with van der Waals surface area (Å²) in [7, 11) is 0. The minimum absolute atomic E-state index is 0.277. The van der Waals surface area contributed by atoms with Gasteiger partial charge >= 0.3 is 6.03 Å². The van der Waals surface area contributed by atoms with Crippen molar-refractivity contribution in [2.24, 2.45) is 4.99 Å². The van der Waals surface area contributed by atoms with Crippen LogP contribution < -0.4 is 5.32 Å². The van der Waals surface area contributed by atoms with Crippen LogP contribution in [0.1, 0.15) is 11.3 Å². The number of aromatic nitrogens is 2. The molecule has 2 heterocycles. The highest BCUT2D eigenvalue weighted by molar-refractivity contribution is 5.90. The number of aliphatic imine (C=N–C) groups is 1. The lowest BCUT2D eigenvalue weighted by molar-refractivity contribution is 0.229. The maximum absolute atomic E-state index is 12.3. The molecule has 0 aliphatic carbocycles. The van der Waals surface area contributed by atoms with Crippen LogP contribution >= 0.6 is 0 Å². The van der Waals surface area contributed by atoms with Gasteiger partial charge in [-0.3, -0.25) is 15.2 Å². The number of allylic oxidation sites excluding steroid dienone is 1. The zero-order valence-electron chi connectivity index (χ0n) is 12.5. The number of rotatable bonds is 2. The van der Waals surface area contributed by atoms with E-state index in [4.69, 9.17) is 5.26 Å². The summed E-state index contributed by atoms with van der Waals surface area (Å²) in [4.78, 5) is 17.8. The quantitative estimate of drug-likeness (QED) is 0.924. The Balaban J connectivity index is 1.88. The van der Waals surface area contributed by atoms with E-state index >= 15 is 0 Å². The fraction of sp³-hybridized carbons (Fsp3) is 0.125. The van der Waals surface area contributed by atoms with Gasteiger partial charge in [-0.15, -0.1) is 0 Å². The van der Waals surface area contributed by atoms with Crippen molar-refractivity contribution in [2.45, 2.75) is 6.92 Å². The third kappa shape index (κ3) is 3.11. The summed E-state index contributed by atoms with van der Waals surface area (Å²) in [6.45, 7) is 2.12. The minimum Gasteiger partial charge on any atom is -0.292 e. The van der Waals surface area contributed by atoms with Crippen LogP contribution in [0, 0.1) is 18.3 Å². The summed E-state index contributed by atoms with van der Waals surface area (Å²) >= 11 is 0. The summed E-state index contributed by atoms with van der Waals surface area (Å²) in [6, 6.07) is 10.6. The van der Waals surface area contributed by atoms with Gasteiger partial charge in [0.05, 0.1) is 23.0 Å². The normalized spacial score (nSPS) is 13.0. The van der Waals surface area contributed by atoms with Crippen LogP contribution in [0.5, 0.6) is 0 Å². The molecule has 0 saturated heterocycles. The number of amides is 2. The molecule has 0 bridgehead atoms. The molecule has 2 amide bonds. The number of anilines is 1. The maximum atomic E-state index is 12.3. The Morgan fingerprint density at radius 2 is 2.26 bits per heavy atom. The summed E-state index contributed by atoms with van der Waals surface area (Å²) in [5.74, 6) is 0.533. The Bertz CT molecular complexity index is 842. The van der Waals surface area contributed by atoms with E-state index in [1.54, 1.807) is 47.4 Å². The van der Waals surface area contributed by atoms with E-state index in [9.17, 15) is 4.79 Å². The lowest BCUT2D eigenvalue weighted by Crippen LogP contribution is -2.32. The van der Waals surface area contributed by atoms with Crippen LogP contribution in [0.3, 0.4) is 0 Å². The molecule has 0 radical (unpaired) electrons. The lowest BCUT2D eigenvalue weighted by Gasteiger charge is -2.18. The second kappa shape index (κ2) is 6.15. The Morgan fingerprint density at radius 1 is 1.39 bits per heavy atom. The predicted molar refractivity (Wildman–Crippen MR) is 86.4 cm³/mol. The van der Waals surface area contributed by atoms with E-state index in [1.165, 1.54) is 4.90 Å². The van der Waals surface area contributed by atoms with Gasteiger partial charge in [-0.1, -0.05) is 6.07 Å². The van der Waals surface area contributed by atoms with Crippen LogP contribution in [-0.4, -0.2) is 33.6 Å². The summed E-state index contributed by atoms with van der Waals surface area (Å²) < 4.78 is 1.60. The topological polar surface area (TPSA) is 86.3 Å². The molecule has 0 unspecified atom stereocenters. The average Bonchev–Trinajstić information content (AvgIpc) is 2.96. The first-order chi connectivity index (χ1) is 11.2. The Kier molecular flexibility index (Phi) is 3.89. The average molecular weight is 306 g/mol. The van der Waals surface area contributed by atoms with Crippen LogP contribution in [-0.2, 0) is 0 Å². The molecule has 1 aromatic heterocycles. The van der Waals surface area contributed by atoms with Crippen LogP contribution in [0.15, 0.2) is 47.6 Å². The van der Waals surface area contributed by atoms with Crippen molar-refractivity contribution in [3.63, 3.8) is 0 Å². The van der Waals surface area contributed by atoms with Crippen molar-refractivity contribution in [2.75, 3.05) is 12.0 Å². The van der Waals surface area contributed by atoms with Gasteiger partial charge in [0.15, 0.2) is 0 Å². The largest absolute Gasteiger partial charge is 0.328 e. The van der Waals surface area contributed by atoms with Gasteiger partial charge in [0.25, 0.3) is 0 Å². The van der Waals surface area contributed by atoms with E-state index < -0.39 is 0 Å². The molecule has 0 atom stereocenters. The smallest absolute Gasteiger partial charge is 0.292 e. The fourth-order valence-electron chi connectivity index (χ4n) is 2.19. The SMILES string of the molecule is Cc1cc(NC(=O)N2C=CC=NC2)n(-c2cccc(C#N)c2)n1. The molecule has 1 N–H and O–H groups in total. The Hall–Kier alpha value is -3.40. The van der Waals surface area contributed by atoms with E-state index in [-0.39, 0.29) is 12.7 Å². The predicted octanol–water partition coefficient (Wildman–Crippen LogP) is 2.44. The van der Waals surface area contributed by atoms with Crippen molar-refractivity contribution in [3.8, 4) is 11.8 Å². The molecular formula is C16H14N6O. The number of aryl methyl sites for hydroxylation is 1. The van der Waals surface area contributed by atoms with E-state index in [0.717, 1.165) is 5.69 Å². The first kappa shape index (κ1) is 14.5. The highest BCUT2D eigenvalue weighted by atomic mass is 16.2. The molecule has 2 aromatic rings. The number of hydrogen-bond acceptors (Lipinski definition) is 4. The first-order valence-corrected chi connectivity index (χ1v) is 6.99. The molecule has 1 aliphatic rings. The zero-order valence-corrected chi connectivity index (χ0v) is 12.5. The maximum Gasteiger partial charge on any atom is 0.328 e. The molecule has 7 nitrogen and oxygen atoms in total. The number of carbonyl (C=O) groups is 1. The number of urea groups is 1. The monoisotopic (exact) mass is 306 g/mol. The second-order valence-corrected chi connectivity index (χ2v) is 4.96. The Labute approximate surface area is 133 Å². The van der Waals surface area contributed by atoms with Gasteiger partial charge in [0, 0.05) is 18.5 Å². The van der Waals surface area contributed by atoms with Crippen molar-refractivity contribution in [3.05, 3.63) is 53.9 Å². The summed E-state index contributed by atoms with van der Waals surface area (Å²) in [5, 5.41) is 16.2. The van der Waals surface area contributed by atoms with Crippen molar-refractivity contribution in [1.29, 1.82) is 5.26 Å². The second-order valence-electron chi connectivity index (χ2n) is 4.96. The summed E-state index contributed by atoms with van der Waals surface area (Å²) in [5.41, 5.74) is 2.00. The standard InChI is InChI=1S/C16H14N6O/c1-12-8-15(19-16(23)21-7-3-6-18-11-21)22(20-12)14-5-2-4-13(9-14)10-17/h2-9H,11H2,1H3,(H,19,23). The fourth-order valence-corrected chi connectivity index (χ4v) is 2.19. The van der Waals surface area contributed by atoms with E-state index in [2.05, 4.69) is 21.5 Å². The molecule has 1 aromatic carbocycles. The molecule has 0 fully saturated rings. The van der Waals surface area contributed by atoms with Crippen LogP contribution in [0.4, 0.5) is 10.6 Å². The molecule has 3 rings (SSSR count). The third-order valence-corrected chi connectivity index (χ3v) is 3.24. The molecule has 0 spiro atoms. The molecule has 0 saturated carbocycles. The lowest BCUT2D eigenvalue weighted by atomic mass is 10.2. The van der Waals surface area contributed by atoms with Crippen molar-refractivity contribution < 1.29 is 4.79 Å². The molecular weight excluding hydrogens is 292 g/mol. The number of carbonyl (C=O) groups excluding carboxylic acids is 1. The van der Waals surface area contributed by atoms with Gasteiger partial charge < -0.3 is 0 Å². The number of benzene rings is 1. The van der Waals surface area contributed by atoms with Gasteiger partial charge in [0.1, 0.15) is 12.5 Å². The first-order valence-electron chi connectivity index (χ1n) is 6.99. The van der Waals surface area contributed by atoms with Gasteiger partial charge in [-0.05, 0) is 31.2 Å². The molecule has 7 heteroatoms. The van der Waals surface area contributed by atoms with Gasteiger partial charge in [0.2, 0.25) is 0 Å². The minimum atomic E-state index is -0.296. The zero-order chi connectivity index (χ0) is 16.2. The van der Waals surface area contributed by atoms with Gasteiger partial charge in [-0.2, -0.15) is 10.4 Å². The number of hydrogen-bond donors (Lipinski definition) is 1. The highest BCUT2D eigenvalue weighted by Crippen LogP contribution is 2.18. The highest BCUT2D eigenvalue weighted by Gasteiger charge is 2.15. The Morgan fingerprint density at radius 3 is 3.00 bits per heavy atom. The van der Waals surface area contributed by atoms with Crippen LogP contribution in [0.25, 0.3) is 5.69 Å². The summed E-state index contributed by atoms with van der Waals surface area (Å²) in [6.07, 6.45) is 5.00. The van der Waals surface area contributed by atoms with Crippen molar-refractivity contribution >= 4 is 18.1 Å². The van der Waals surface area contributed by atoms with E-state index in [0.29, 0.717) is 17.1 Å². The molecule has 114 valence electrons. The third-order valence-electron chi connectivity index (χ3n) is 3.24. The molecule has 1 aliphatic heterocycles. The number of nitrogens with zero attached hydrogens (tertiary/aromatic N) is 5. The van der Waals surface area contributed by atoms with E-state index in [1.807, 2.05) is 13.0 Å². The van der Waals surface area contributed by atoms with Gasteiger partial charge in [-0.25, -0.2) is 9.48 Å². The molecule has 23 heavy (non-hydrogen) atoms. The van der Waals surface area contributed by atoms with Crippen LogP contribution in [0.2, 0.25) is 0 Å². The van der Waals surface area contributed by atoms with Crippen molar-refractivity contribution in [1.82, 2.24) is 14.7 Å². The number of nitrogens with one attached hydrogen (secondary N) is 1. The number of nitriles is 1.